The fourth-order valence-corrected chi connectivity index (χ4v) is 4.28. The molecule has 0 saturated carbocycles. The number of carbonyl (C=O) groups is 6. The molecule has 2 aromatic rings. The lowest BCUT2D eigenvalue weighted by atomic mass is 10.0. The average Bonchev–Trinajstić information content (AvgIpc) is 3.35. The molecule has 0 saturated heterocycles. The molecule has 230 valence electrons. The molecule has 2 rings (SSSR count). The predicted molar refractivity (Wildman–Crippen MR) is 152 cm³/mol. The van der Waals surface area contributed by atoms with E-state index in [1.54, 1.807) is 18.3 Å². The molecule has 4 unspecified atom stereocenters. The molecule has 4 amide bonds. The Morgan fingerprint density at radius 2 is 1.40 bits per heavy atom. The summed E-state index contributed by atoms with van der Waals surface area (Å²) in [4.78, 5) is 76.7. The third kappa shape index (κ3) is 10.8. The lowest BCUT2D eigenvalue weighted by Gasteiger charge is -2.25. The van der Waals surface area contributed by atoms with Gasteiger partial charge in [0.05, 0.1) is 6.04 Å². The molecule has 0 radical (unpaired) electrons. The first-order valence-corrected chi connectivity index (χ1v) is 13.6. The Morgan fingerprint density at radius 1 is 0.810 bits per heavy atom. The van der Waals surface area contributed by atoms with Crippen LogP contribution in [0.5, 0.6) is 0 Å². The highest BCUT2D eigenvalue weighted by Crippen LogP contribution is 2.19. The number of amides is 4. The van der Waals surface area contributed by atoms with Gasteiger partial charge in [0.25, 0.3) is 0 Å². The average molecular weight is 590 g/mol. The molecule has 1 heterocycles. The Kier molecular flexibility index (Phi) is 13.4. The van der Waals surface area contributed by atoms with E-state index >= 15 is 0 Å². The van der Waals surface area contributed by atoms with Crippen molar-refractivity contribution in [3.05, 3.63) is 36.0 Å². The van der Waals surface area contributed by atoms with Gasteiger partial charge in [-0.2, -0.15) is 0 Å². The zero-order valence-corrected chi connectivity index (χ0v) is 23.1. The number of carboxylic acid groups (broad SMARTS) is 2. The SMILES string of the molecule is NCCCCC(N)C(=O)NC(CCC(=O)O)C(=O)NC(CCC(N)=O)C(=O)NC(Cc1c[nH]c2ccccc12)C(=O)O. The molecule has 42 heavy (non-hydrogen) atoms. The van der Waals surface area contributed by atoms with Crippen molar-refractivity contribution in [3.8, 4) is 0 Å². The smallest absolute Gasteiger partial charge is 0.326 e. The van der Waals surface area contributed by atoms with Crippen molar-refractivity contribution in [2.45, 2.75) is 75.5 Å². The first-order valence-electron chi connectivity index (χ1n) is 13.6. The monoisotopic (exact) mass is 589 g/mol. The van der Waals surface area contributed by atoms with E-state index in [0.29, 0.717) is 24.9 Å². The lowest BCUT2D eigenvalue weighted by molar-refractivity contribution is -0.142. The number of para-hydroxylation sites is 1. The summed E-state index contributed by atoms with van der Waals surface area (Å²) in [5, 5.41) is 26.9. The lowest BCUT2D eigenvalue weighted by Crippen LogP contribution is -2.57. The number of aliphatic carboxylic acids is 2. The molecule has 0 fully saturated rings. The number of nitrogens with two attached hydrogens (primary N) is 3. The number of H-pyrrole nitrogens is 1. The molecular weight excluding hydrogens is 550 g/mol. The maximum Gasteiger partial charge on any atom is 0.326 e. The minimum atomic E-state index is -1.42. The second-order valence-corrected chi connectivity index (χ2v) is 9.91. The highest BCUT2D eigenvalue weighted by molar-refractivity contribution is 5.95. The predicted octanol–water partition coefficient (Wildman–Crippen LogP) is -1.16. The van der Waals surface area contributed by atoms with Crippen LogP contribution >= 0.6 is 0 Å². The Labute approximate surface area is 241 Å². The Hall–Kier alpha value is -4.50. The van der Waals surface area contributed by atoms with Crippen LogP contribution in [-0.4, -0.2) is 81.5 Å². The van der Waals surface area contributed by atoms with Crippen LogP contribution in [0.15, 0.2) is 30.5 Å². The van der Waals surface area contributed by atoms with E-state index in [-0.39, 0.29) is 32.1 Å². The number of primary amides is 1. The molecule has 15 heteroatoms. The number of aromatic nitrogens is 1. The van der Waals surface area contributed by atoms with Gasteiger partial charge in [0, 0.05) is 36.4 Å². The highest BCUT2D eigenvalue weighted by Gasteiger charge is 2.31. The van der Waals surface area contributed by atoms with Gasteiger partial charge in [-0.15, -0.1) is 0 Å². The van der Waals surface area contributed by atoms with Crippen molar-refractivity contribution < 1.29 is 39.0 Å². The van der Waals surface area contributed by atoms with E-state index in [9.17, 15) is 33.9 Å². The van der Waals surface area contributed by atoms with Crippen LogP contribution in [0.4, 0.5) is 0 Å². The van der Waals surface area contributed by atoms with E-state index in [1.165, 1.54) is 0 Å². The topological polar surface area (TPSA) is 273 Å². The van der Waals surface area contributed by atoms with E-state index < -0.39 is 66.2 Å². The van der Waals surface area contributed by atoms with E-state index in [1.807, 2.05) is 12.1 Å². The Morgan fingerprint density at radius 3 is 2.00 bits per heavy atom. The number of hydrogen-bond acceptors (Lipinski definition) is 8. The summed E-state index contributed by atoms with van der Waals surface area (Å²) in [5.41, 5.74) is 18.0. The molecule has 1 aromatic carbocycles. The second-order valence-electron chi connectivity index (χ2n) is 9.91. The molecule has 0 aliphatic rings. The van der Waals surface area contributed by atoms with E-state index in [4.69, 9.17) is 22.3 Å². The van der Waals surface area contributed by atoms with Gasteiger partial charge in [-0.05, 0) is 43.9 Å². The Bertz CT molecular complexity index is 1260. The van der Waals surface area contributed by atoms with Crippen LogP contribution in [0.3, 0.4) is 0 Å². The number of aromatic amines is 1. The van der Waals surface area contributed by atoms with E-state index in [0.717, 1.165) is 10.9 Å². The van der Waals surface area contributed by atoms with Gasteiger partial charge in [-0.1, -0.05) is 24.6 Å². The molecule has 0 spiro atoms. The minimum absolute atomic E-state index is 0.0824. The number of carbonyl (C=O) groups excluding carboxylic acids is 4. The molecule has 15 nitrogen and oxygen atoms in total. The van der Waals surface area contributed by atoms with Crippen LogP contribution in [0.25, 0.3) is 10.9 Å². The van der Waals surface area contributed by atoms with E-state index in [2.05, 4.69) is 20.9 Å². The number of rotatable bonds is 19. The van der Waals surface area contributed by atoms with Crippen LogP contribution in [0.1, 0.15) is 50.5 Å². The summed E-state index contributed by atoms with van der Waals surface area (Å²) in [5.74, 6) is -5.83. The largest absolute Gasteiger partial charge is 0.481 e. The third-order valence-electron chi connectivity index (χ3n) is 6.61. The minimum Gasteiger partial charge on any atom is -0.481 e. The molecule has 0 aliphatic carbocycles. The van der Waals surface area contributed by atoms with Crippen molar-refractivity contribution in [2.24, 2.45) is 17.2 Å². The van der Waals surface area contributed by atoms with Crippen molar-refractivity contribution in [2.75, 3.05) is 6.54 Å². The van der Waals surface area contributed by atoms with Gasteiger partial charge in [0.15, 0.2) is 0 Å². The Balaban J connectivity index is 2.19. The first kappa shape index (κ1) is 33.7. The number of hydrogen-bond donors (Lipinski definition) is 9. The van der Waals surface area contributed by atoms with Crippen molar-refractivity contribution >= 4 is 46.5 Å². The highest BCUT2D eigenvalue weighted by atomic mass is 16.4. The summed E-state index contributed by atoms with van der Waals surface area (Å²) in [6.07, 6.45) is 1.65. The van der Waals surface area contributed by atoms with Crippen LogP contribution in [-0.2, 0) is 35.2 Å². The summed E-state index contributed by atoms with van der Waals surface area (Å²) in [6.45, 7) is 0.414. The summed E-state index contributed by atoms with van der Waals surface area (Å²) < 4.78 is 0. The molecule has 1 aromatic heterocycles. The summed E-state index contributed by atoms with van der Waals surface area (Å²) >= 11 is 0. The van der Waals surface area contributed by atoms with Gasteiger partial charge >= 0.3 is 11.9 Å². The van der Waals surface area contributed by atoms with Gasteiger partial charge in [0.2, 0.25) is 23.6 Å². The quantitative estimate of drug-likeness (QED) is 0.0886. The molecule has 0 bridgehead atoms. The van der Waals surface area contributed by atoms with Crippen LogP contribution in [0, 0.1) is 0 Å². The fourth-order valence-electron chi connectivity index (χ4n) is 4.28. The zero-order valence-electron chi connectivity index (χ0n) is 23.1. The van der Waals surface area contributed by atoms with Gasteiger partial charge in [-0.25, -0.2) is 4.79 Å². The normalized spacial score (nSPS) is 13.9. The van der Waals surface area contributed by atoms with Gasteiger partial charge in [0.1, 0.15) is 18.1 Å². The van der Waals surface area contributed by atoms with Crippen LogP contribution < -0.4 is 33.2 Å². The maximum absolute atomic E-state index is 13.2. The van der Waals surface area contributed by atoms with Crippen molar-refractivity contribution in [1.29, 1.82) is 0 Å². The van der Waals surface area contributed by atoms with Crippen molar-refractivity contribution in [1.82, 2.24) is 20.9 Å². The fraction of sp³-hybridized carbons (Fsp3) is 0.481. The molecule has 0 aliphatic heterocycles. The zero-order chi connectivity index (χ0) is 31.2. The van der Waals surface area contributed by atoms with Crippen LogP contribution in [0.2, 0.25) is 0 Å². The summed E-state index contributed by atoms with van der Waals surface area (Å²) in [6, 6.07) is 2.05. The van der Waals surface area contributed by atoms with Gasteiger partial charge < -0.3 is 48.3 Å². The third-order valence-corrected chi connectivity index (χ3v) is 6.61. The number of carboxylic acids is 2. The second kappa shape index (κ2) is 16.7. The number of unbranched alkanes of at least 4 members (excludes halogenated alkanes) is 1. The number of benzene rings is 1. The van der Waals surface area contributed by atoms with Crippen molar-refractivity contribution in [3.63, 3.8) is 0 Å². The first-order chi connectivity index (χ1) is 19.9. The molecule has 12 N–H and O–H groups in total. The summed E-state index contributed by atoms with van der Waals surface area (Å²) in [7, 11) is 0. The standard InChI is InChI=1S/C27H39N7O8/c28-12-4-3-6-17(29)24(38)32-20(9-11-23(36)37)25(39)33-19(8-10-22(30)35)26(40)34-21(27(41)42)13-15-14-31-18-7-2-1-5-16(15)18/h1-2,5,7,14,17,19-21,31H,3-4,6,8-13,28-29H2,(H2,30,35)(H,32,38)(H,33,39)(H,34,40)(H,36,37)(H,41,42). The molecular formula is C27H39N7O8. The maximum atomic E-state index is 13.2. The van der Waals surface area contributed by atoms with Gasteiger partial charge in [-0.3, -0.25) is 24.0 Å². The molecule has 4 atom stereocenters. The number of nitrogens with one attached hydrogen (secondary N) is 4. The number of fused-ring (bicyclic) bond motifs is 1.